The molecule has 218 valence electrons. The fourth-order valence-corrected chi connectivity index (χ4v) is 7.04. The maximum Gasteiger partial charge on any atom is 0.164 e. The van der Waals surface area contributed by atoms with Crippen LogP contribution < -0.4 is 0 Å². The van der Waals surface area contributed by atoms with Crippen molar-refractivity contribution in [1.29, 1.82) is 0 Å². The van der Waals surface area contributed by atoms with Gasteiger partial charge in [-0.05, 0) is 39.9 Å². The summed E-state index contributed by atoms with van der Waals surface area (Å²) in [6, 6.07) is 48.3. The van der Waals surface area contributed by atoms with Crippen LogP contribution in [-0.4, -0.2) is 15.0 Å². The quantitative estimate of drug-likeness (QED) is 0.204. The second kappa shape index (κ2) is 10.1. The Morgan fingerprint density at radius 2 is 1.04 bits per heavy atom. The fourth-order valence-electron chi connectivity index (χ4n) is 7.04. The van der Waals surface area contributed by atoms with Gasteiger partial charge in [-0.2, -0.15) is 0 Å². The van der Waals surface area contributed by atoms with Crippen molar-refractivity contribution in [3.8, 4) is 56.4 Å². The summed E-state index contributed by atoms with van der Waals surface area (Å²) in [5, 5.41) is 2.29. The molecule has 1 aliphatic carbocycles. The first-order chi connectivity index (χ1) is 22.6. The van der Waals surface area contributed by atoms with Gasteiger partial charge in [0, 0.05) is 38.4 Å². The molecule has 0 saturated heterocycles. The molecule has 0 N–H and O–H groups in total. The van der Waals surface area contributed by atoms with E-state index in [0.717, 1.165) is 49.8 Å². The van der Waals surface area contributed by atoms with Crippen LogP contribution in [0.15, 0.2) is 144 Å². The van der Waals surface area contributed by atoms with E-state index in [1.807, 2.05) is 66.7 Å². The van der Waals surface area contributed by atoms with Gasteiger partial charge in [-0.15, -0.1) is 0 Å². The Bertz CT molecular complexity index is 2380. The van der Waals surface area contributed by atoms with Crippen LogP contribution in [0.25, 0.3) is 78.4 Å². The average molecular weight is 592 g/mol. The predicted molar refractivity (Wildman–Crippen MR) is 186 cm³/mol. The number of hydrogen-bond acceptors (Lipinski definition) is 4. The van der Waals surface area contributed by atoms with Crippen molar-refractivity contribution >= 4 is 21.9 Å². The van der Waals surface area contributed by atoms with Crippen LogP contribution in [0.3, 0.4) is 0 Å². The van der Waals surface area contributed by atoms with Gasteiger partial charge in [0.15, 0.2) is 17.5 Å². The van der Waals surface area contributed by atoms with Gasteiger partial charge >= 0.3 is 0 Å². The lowest BCUT2D eigenvalue weighted by Gasteiger charge is -2.21. The Balaban J connectivity index is 1.25. The van der Waals surface area contributed by atoms with Crippen molar-refractivity contribution < 1.29 is 4.42 Å². The first-order valence-electron chi connectivity index (χ1n) is 15.6. The number of rotatable bonds is 4. The molecule has 9 rings (SSSR count). The molecule has 6 aromatic carbocycles. The molecule has 4 heteroatoms. The number of benzene rings is 6. The number of para-hydroxylation sites is 1. The first-order valence-corrected chi connectivity index (χ1v) is 15.6. The summed E-state index contributed by atoms with van der Waals surface area (Å²) in [6.45, 7) is 4.61. The monoisotopic (exact) mass is 591 g/mol. The lowest BCUT2D eigenvalue weighted by Crippen LogP contribution is -2.14. The third kappa shape index (κ3) is 4.04. The van der Waals surface area contributed by atoms with E-state index in [0.29, 0.717) is 17.5 Å². The van der Waals surface area contributed by atoms with Gasteiger partial charge in [-0.25, -0.2) is 15.0 Å². The van der Waals surface area contributed by atoms with Crippen LogP contribution in [0.5, 0.6) is 0 Å². The minimum absolute atomic E-state index is 0.154. The number of aromatic nitrogens is 3. The molecule has 0 unspecified atom stereocenters. The third-order valence-electron chi connectivity index (χ3n) is 9.36. The molecule has 2 heterocycles. The number of nitrogens with zero attached hydrogens (tertiary/aromatic N) is 3. The molecular formula is C42H29N3O. The van der Waals surface area contributed by atoms with E-state index >= 15 is 0 Å². The predicted octanol–water partition coefficient (Wildman–Crippen LogP) is 10.7. The normalized spacial score (nSPS) is 13.2. The number of hydrogen-bond donors (Lipinski definition) is 0. The highest BCUT2D eigenvalue weighted by Gasteiger charge is 2.38. The maximum absolute atomic E-state index is 6.57. The molecule has 0 saturated carbocycles. The van der Waals surface area contributed by atoms with Crippen LogP contribution in [0.4, 0.5) is 0 Å². The molecular weight excluding hydrogens is 562 g/mol. The Morgan fingerprint density at radius 3 is 1.76 bits per heavy atom. The molecule has 0 spiro atoms. The summed E-state index contributed by atoms with van der Waals surface area (Å²) in [6.07, 6.45) is 0. The van der Waals surface area contributed by atoms with Gasteiger partial charge in [-0.3, -0.25) is 0 Å². The van der Waals surface area contributed by atoms with Crippen molar-refractivity contribution in [1.82, 2.24) is 15.0 Å². The summed E-state index contributed by atoms with van der Waals surface area (Å²) in [5.41, 5.74) is 11.7. The van der Waals surface area contributed by atoms with Gasteiger partial charge in [-0.1, -0.05) is 141 Å². The SMILES string of the molecule is CC1(C)c2ccc(-c3ccccc3-c3nc(-c4ccccc4)nc(-c4ccccc4)n3)cc2-c2c1ccc1c2oc2ccccc21. The Kier molecular flexibility index (Phi) is 5.81. The van der Waals surface area contributed by atoms with Crippen molar-refractivity contribution in [2.24, 2.45) is 0 Å². The molecule has 2 aromatic heterocycles. The Labute approximate surface area is 267 Å². The summed E-state index contributed by atoms with van der Waals surface area (Å²) in [7, 11) is 0. The average Bonchev–Trinajstić information content (AvgIpc) is 3.60. The topological polar surface area (TPSA) is 51.8 Å². The Hall–Kier alpha value is -5.87. The Morgan fingerprint density at radius 1 is 0.457 bits per heavy atom. The zero-order valence-corrected chi connectivity index (χ0v) is 25.5. The largest absolute Gasteiger partial charge is 0.455 e. The lowest BCUT2D eigenvalue weighted by molar-refractivity contribution is 0.653. The second-order valence-electron chi connectivity index (χ2n) is 12.4. The molecule has 0 aliphatic heterocycles. The third-order valence-corrected chi connectivity index (χ3v) is 9.36. The highest BCUT2D eigenvalue weighted by Crippen LogP contribution is 2.53. The first kappa shape index (κ1) is 26.5. The van der Waals surface area contributed by atoms with Crippen molar-refractivity contribution in [3.05, 3.63) is 151 Å². The summed E-state index contributed by atoms with van der Waals surface area (Å²) in [5.74, 6) is 1.94. The van der Waals surface area contributed by atoms with Crippen LogP contribution in [0.2, 0.25) is 0 Å². The number of fused-ring (bicyclic) bond motifs is 7. The number of furan rings is 1. The van der Waals surface area contributed by atoms with Crippen molar-refractivity contribution in [3.63, 3.8) is 0 Å². The van der Waals surface area contributed by atoms with Crippen molar-refractivity contribution in [2.45, 2.75) is 19.3 Å². The van der Waals surface area contributed by atoms with E-state index in [1.165, 1.54) is 22.3 Å². The molecule has 4 nitrogen and oxygen atoms in total. The summed E-state index contributed by atoms with van der Waals surface area (Å²) in [4.78, 5) is 15.0. The molecule has 0 fully saturated rings. The lowest BCUT2D eigenvalue weighted by atomic mass is 9.82. The van der Waals surface area contributed by atoms with Crippen molar-refractivity contribution in [2.75, 3.05) is 0 Å². The van der Waals surface area contributed by atoms with Gasteiger partial charge in [0.1, 0.15) is 11.2 Å². The van der Waals surface area contributed by atoms with Gasteiger partial charge < -0.3 is 4.42 Å². The molecule has 46 heavy (non-hydrogen) atoms. The molecule has 0 bridgehead atoms. The minimum atomic E-state index is -0.154. The van der Waals surface area contributed by atoms with Gasteiger partial charge in [0.05, 0.1) is 0 Å². The van der Waals surface area contributed by atoms with Crippen LogP contribution in [-0.2, 0) is 5.41 Å². The van der Waals surface area contributed by atoms with E-state index in [4.69, 9.17) is 19.4 Å². The minimum Gasteiger partial charge on any atom is -0.455 e. The highest BCUT2D eigenvalue weighted by molar-refractivity contribution is 6.12. The van der Waals surface area contributed by atoms with E-state index in [-0.39, 0.29) is 5.41 Å². The fraction of sp³-hybridized carbons (Fsp3) is 0.0714. The van der Waals surface area contributed by atoms with Crippen LogP contribution >= 0.6 is 0 Å². The zero-order valence-electron chi connectivity index (χ0n) is 25.5. The highest BCUT2D eigenvalue weighted by atomic mass is 16.3. The second-order valence-corrected chi connectivity index (χ2v) is 12.4. The molecule has 1 aliphatic rings. The zero-order chi connectivity index (χ0) is 30.8. The van der Waals surface area contributed by atoms with E-state index < -0.39 is 0 Å². The smallest absolute Gasteiger partial charge is 0.164 e. The van der Waals surface area contributed by atoms with Crippen LogP contribution in [0, 0.1) is 0 Å². The standard InChI is InChI=1S/C42H29N3O/c1-42(2)34-23-21-28(25-33(34)37-35(42)24-22-31-30-18-11-12-20-36(30)46-38(31)37)29-17-9-10-19-32(29)41-44-39(26-13-5-3-6-14-26)43-40(45-41)27-15-7-4-8-16-27/h3-25H,1-2H3. The molecule has 0 atom stereocenters. The van der Waals surface area contributed by atoms with Gasteiger partial charge in [0.25, 0.3) is 0 Å². The molecule has 8 aromatic rings. The van der Waals surface area contributed by atoms with Crippen LogP contribution in [0.1, 0.15) is 25.0 Å². The maximum atomic E-state index is 6.57. The molecule has 0 amide bonds. The molecule has 0 radical (unpaired) electrons. The summed E-state index contributed by atoms with van der Waals surface area (Å²) < 4.78 is 6.57. The van der Waals surface area contributed by atoms with E-state index in [1.54, 1.807) is 0 Å². The van der Waals surface area contributed by atoms with Gasteiger partial charge in [0.2, 0.25) is 0 Å². The summed E-state index contributed by atoms with van der Waals surface area (Å²) >= 11 is 0. The van der Waals surface area contributed by atoms with E-state index in [2.05, 4.69) is 86.6 Å². The van der Waals surface area contributed by atoms with E-state index in [9.17, 15) is 0 Å².